The second-order valence-electron chi connectivity index (χ2n) is 7.07. The molecule has 2 heterocycles. The van der Waals surface area contributed by atoms with Gasteiger partial charge in [0.05, 0.1) is 12.1 Å². The minimum Gasteiger partial charge on any atom is -0.444 e. The molecule has 0 radical (unpaired) electrons. The quantitative estimate of drug-likeness (QED) is 0.895. The highest BCUT2D eigenvalue weighted by Crippen LogP contribution is 2.22. The van der Waals surface area contributed by atoms with E-state index in [1.165, 1.54) is 6.07 Å². The van der Waals surface area contributed by atoms with Crippen molar-refractivity contribution in [2.75, 3.05) is 18.4 Å². The van der Waals surface area contributed by atoms with E-state index in [1.807, 2.05) is 20.8 Å². The molecule has 0 saturated carbocycles. The van der Waals surface area contributed by atoms with Crippen molar-refractivity contribution in [3.63, 3.8) is 0 Å². The summed E-state index contributed by atoms with van der Waals surface area (Å²) in [5, 5.41) is 3.12. The van der Waals surface area contributed by atoms with Crippen LogP contribution in [0.4, 0.5) is 23.8 Å². The van der Waals surface area contributed by atoms with Gasteiger partial charge in [0, 0.05) is 25.2 Å². The van der Waals surface area contributed by atoms with Crippen LogP contribution in [0.2, 0.25) is 0 Å². The molecule has 1 aromatic rings. The second-order valence-corrected chi connectivity index (χ2v) is 7.07. The van der Waals surface area contributed by atoms with Crippen molar-refractivity contribution < 1.29 is 22.7 Å². The summed E-state index contributed by atoms with van der Waals surface area (Å²) in [6.45, 7) is 6.48. The van der Waals surface area contributed by atoms with Crippen LogP contribution >= 0.6 is 0 Å². The number of ether oxygens (including phenoxy) is 1. The molecule has 1 fully saturated rings. The number of hydrogen-bond donors (Lipinski definition) is 1. The maximum atomic E-state index is 12.4. The van der Waals surface area contributed by atoms with Crippen LogP contribution in [-0.2, 0) is 11.2 Å². The van der Waals surface area contributed by atoms with Crippen LogP contribution in [0.5, 0.6) is 0 Å². The topological polar surface area (TPSA) is 67.3 Å². The van der Waals surface area contributed by atoms with Crippen LogP contribution in [0.15, 0.2) is 12.4 Å². The van der Waals surface area contributed by atoms with E-state index in [2.05, 4.69) is 15.3 Å². The molecule has 1 amide bonds. The first-order chi connectivity index (χ1) is 11.5. The zero-order valence-corrected chi connectivity index (χ0v) is 14.6. The van der Waals surface area contributed by atoms with Gasteiger partial charge in [-0.3, -0.25) is 0 Å². The van der Waals surface area contributed by atoms with Gasteiger partial charge in [-0.1, -0.05) is 0 Å². The molecule has 1 N–H and O–H groups in total. The number of rotatable bonds is 3. The van der Waals surface area contributed by atoms with Crippen molar-refractivity contribution in [3.05, 3.63) is 18.1 Å². The molecule has 0 aromatic carbocycles. The van der Waals surface area contributed by atoms with E-state index in [9.17, 15) is 18.0 Å². The standard InChI is InChI=1S/C16H23F3N4O2/c1-15(2,3)25-14(24)23-6-4-11(5-7-23)22-13-8-12(20-10-21-13)9-16(17,18)19/h8,10-11H,4-7,9H2,1-3H3,(H,20,21,22). The molecule has 140 valence electrons. The van der Waals surface area contributed by atoms with Crippen molar-refractivity contribution in [1.82, 2.24) is 14.9 Å². The summed E-state index contributed by atoms with van der Waals surface area (Å²) >= 11 is 0. The number of aromatic nitrogens is 2. The number of hydrogen-bond acceptors (Lipinski definition) is 5. The first kappa shape index (κ1) is 19.3. The van der Waals surface area contributed by atoms with E-state index in [-0.39, 0.29) is 17.8 Å². The molecule has 0 bridgehead atoms. The molecule has 1 aliphatic rings. The maximum Gasteiger partial charge on any atom is 0.410 e. The number of alkyl halides is 3. The highest BCUT2D eigenvalue weighted by Gasteiger charge is 2.29. The van der Waals surface area contributed by atoms with Crippen molar-refractivity contribution in [1.29, 1.82) is 0 Å². The van der Waals surface area contributed by atoms with E-state index in [0.717, 1.165) is 6.33 Å². The summed E-state index contributed by atoms with van der Waals surface area (Å²) in [5.74, 6) is 0.366. The Morgan fingerprint density at radius 1 is 1.28 bits per heavy atom. The Kier molecular flexibility index (Phi) is 5.74. The molecule has 0 aliphatic carbocycles. The van der Waals surface area contributed by atoms with E-state index in [4.69, 9.17) is 4.74 Å². The normalized spacial score (nSPS) is 16.6. The number of carbonyl (C=O) groups is 1. The minimum atomic E-state index is -4.30. The number of nitrogens with zero attached hydrogens (tertiary/aromatic N) is 3. The smallest absolute Gasteiger partial charge is 0.410 e. The number of halogens is 3. The lowest BCUT2D eigenvalue weighted by atomic mass is 10.1. The summed E-state index contributed by atoms with van der Waals surface area (Å²) < 4.78 is 42.6. The maximum absolute atomic E-state index is 12.4. The lowest BCUT2D eigenvalue weighted by Crippen LogP contribution is -2.44. The first-order valence-electron chi connectivity index (χ1n) is 8.14. The Bertz CT molecular complexity index is 594. The van der Waals surface area contributed by atoms with E-state index < -0.39 is 18.2 Å². The van der Waals surface area contributed by atoms with Gasteiger partial charge < -0.3 is 15.0 Å². The molecule has 0 unspecified atom stereocenters. The van der Waals surface area contributed by atoms with Crippen LogP contribution in [-0.4, -0.2) is 51.9 Å². The molecule has 1 aromatic heterocycles. The Hall–Kier alpha value is -2.06. The molecule has 0 spiro atoms. The third-order valence-corrected chi connectivity index (χ3v) is 3.60. The van der Waals surface area contributed by atoms with Crippen LogP contribution in [0.1, 0.15) is 39.3 Å². The van der Waals surface area contributed by atoms with E-state index in [0.29, 0.717) is 31.7 Å². The number of anilines is 1. The van der Waals surface area contributed by atoms with Crippen LogP contribution in [0.3, 0.4) is 0 Å². The van der Waals surface area contributed by atoms with Gasteiger partial charge >= 0.3 is 12.3 Å². The Morgan fingerprint density at radius 3 is 2.48 bits per heavy atom. The van der Waals surface area contributed by atoms with Gasteiger partial charge in [-0.05, 0) is 33.6 Å². The predicted octanol–water partition coefficient (Wildman–Crippen LogP) is 3.39. The Labute approximate surface area is 144 Å². The van der Waals surface area contributed by atoms with Gasteiger partial charge in [-0.25, -0.2) is 14.8 Å². The van der Waals surface area contributed by atoms with Crippen molar-refractivity contribution >= 4 is 11.9 Å². The van der Waals surface area contributed by atoms with Crippen LogP contribution < -0.4 is 5.32 Å². The van der Waals surface area contributed by atoms with Gasteiger partial charge in [-0.2, -0.15) is 13.2 Å². The third kappa shape index (κ3) is 6.75. The van der Waals surface area contributed by atoms with Gasteiger partial charge in [-0.15, -0.1) is 0 Å². The molecule has 1 saturated heterocycles. The number of likely N-dealkylation sites (tertiary alicyclic amines) is 1. The van der Waals surface area contributed by atoms with Crippen molar-refractivity contribution in [2.24, 2.45) is 0 Å². The third-order valence-electron chi connectivity index (χ3n) is 3.60. The second kappa shape index (κ2) is 7.45. The van der Waals surface area contributed by atoms with Gasteiger partial charge in [0.15, 0.2) is 0 Å². The highest BCUT2D eigenvalue weighted by atomic mass is 19.4. The molecule has 6 nitrogen and oxygen atoms in total. The molecule has 9 heteroatoms. The predicted molar refractivity (Wildman–Crippen MR) is 86.2 cm³/mol. The zero-order valence-electron chi connectivity index (χ0n) is 14.6. The molecule has 2 rings (SSSR count). The Balaban J connectivity index is 1.86. The summed E-state index contributed by atoms with van der Waals surface area (Å²) in [6.07, 6.45) is -3.28. The molecule has 1 aliphatic heterocycles. The molecular weight excluding hydrogens is 337 g/mol. The summed E-state index contributed by atoms with van der Waals surface area (Å²) in [4.78, 5) is 21.3. The monoisotopic (exact) mass is 360 g/mol. The zero-order chi connectivity index (χ0) is 18.7. The molecular formula is C16H23F3N4O2. The number of piperidine rings is 1. The fourth-order valence-corrected chi connectivity index (χ4v) is 2.52. The average molecular weight is 360 g/mol. The number of nitrogens with one attached hydrogen (secondary N) is 1. The van der Waals surface area contributed by atoms with Crippen LogP contribution in [0, 0.1) is 0 Å². The highest BCUT2D eigenvalue weighted by molar-refractivity contribution is 5.68. The van der Waals surface area contributed by atoms with Gasteiger partial charge in [0.25, 0.3) is 0 Å². The molecule has 25 heavy (non-hydrogen) atoms. The lowest BCUT2D eigenvalue weighted by molar-refractivity contribution is -0.127. The largest absolute Gasteiger partial charge is 0.444 e. The van der Waals surface area contributed by atoms with Crippen molar-refractivity contribution in [3.8, 4) is 0 Å². The van der Waals surface area contributed by atoms with Crippen molar-refractivity contribution in [2.45, 2.75) is 57.9 Å². The first-order valence-corrected chi connectivity index (χ1v) is 8.14. The number of carbonyl (C=O) groups excluding carboxylic acids is 1. The van der Waals surface area contributed by atoms with Crippen LogP contribution in [0.25, 0.3) is 0 Å². The fraction of sp³-hybridized carbons (Fsp3) is 0.688. The molecule has 0 atom stereocenters. The summed E-state index contributed by atoms with van der Waals surface area (Å²) in [7, 11) is 0. The lowest BCUT2D eigenvalue weighted by Gasteiger charge is -2.33. The number of amides is 1. The minimum absolute atomic E-state index is 0.0346. The Morgan fingerprint density at radius 2 is 1.92 bits per heavy atom. The SMILES string of the molecule is CC(C)(C)OC(=O)N1CCC(Nc2cc(CC(F)(F)F)ncn2)CC1. The van der Waals surface area contributed by atoms with Gasteiger partial charge in [0.1, 0.15) is 17.7 Å². The van der Waals surface area contributed by atoms with Gasteiger partial charge in [0.2, 0.25) is 0 Å². The summed E-state index contributed by atoms with van der Waals surface area (Å²) in [5.41, 5.74) is -0.613. The summed E-state index contributed by atoms with van der Waals surface area (Å²) in [6, 6.07) is 1.35. The average Bonchev–Trinajstić information content (AvgIpc) is 2.44. The van der Waals surface area contributed by atoms with E-state index >= 15 is 0 Å². The van der Waals surface area contributed by atoms with E-state index in [1.54, 1.807) is 4.90 Å². The fourth-order valence-electron chi connectivity index (χ4n) is 2.52.